The first-order valence-corrected chi connectivity index (χ1v) is 9.37. The number of hydrogen-bond acceptors (Lipinski definition) is 6. The van der Waals surface area contributed by atoms with Crippen molar-refractivity contribution in [3.63, 3.8) is 0 Å². The Morgan fingerprint density at radius 3 is 2.77 bits per heavy atom. The summed E-state index contributed by atoms with van der Waals surface area (Å²) in [4.78, 5) is 22.1. The third-order valence-electron chi connectivity index (χ3n) is 4.09. The lowest BCUT2D eigenvalue weighted by molar-refractivity contribution is -0.385. The quantitative estimate of drug-likeness (QED) is 0.534. The lowest BCUT2D eigenvalue weighted by Crippen LogP contribution is -2.49. The van der Waals surface area contributed by atoms with E-state index in [-0.39, 0.29) is 35.6 Å². The van der Waals surface area contributed by atoms with Crippen molar-refractivity contribution in [2.24, 2.45) is 0 Å². The first kappa shape index (κ1) is 22.3. The number of sulfonamides is 1. The molecule has 0 aromatic heterocycles. The van der Waals surface area contributed by atoms with Crippen LogP contribution in [0.15, 0.2) is 29.2 Å². The van der Waals surface area contributed by atoms with Gasteiger partial charge in [-0.1, -0.05) is 6.07 Å². The van der Waals surface area contributed by atoms with Crippen LogP contribution in [0.1, 0.15) is 19.8 Å². The van der Waals surface area contributed by atoms with Gasteiger partial charge >= 0.3 is 0 Å². The van der Waals surface area contributed by atoms with Gasteiger partial charge in [0.15, 0.2) is 0 Å². The van der Waals surface area contributed by atoms with Crippen LogP contribution in [-0.2, 0) is 14.8 Å². The monoisotopic (exact) mass is 406 g/mol. The van der Waals surface area contributed by atoms with E-state index in [2.05, 4.69) is 10.6 Å². The van der Waals surface area contributed by atoms with Crippen LogP contribution in [0, 0.1) is 10.1 Å². The number of non-ortho nitro benzene ring substituents is 1. The van der Waals surface area contributed by atoms with Gasteiger partial charge in [0.25, 0.3) is 5.69 Å². The van der Waals surface area contributed by atoms with Crippen LogP contribution in [0.4, 0.5) is 5.69 Å². The second-order valence-electron chi connectivity index (χ2n) is 6.16. The average molecular weight is 407 g/mol. The second-order valence-corrected chi connectivity index (χ2v) is 8.20. The van der Waals surface area contributed by atoms with E-state index in [1.165, 1.54) is 25.2 Å². The molecule has 0 saturated carbocycles. The summed E-state index contributed by atoms with van der Waals surface area (Å²) in [6.45, 7) is 2.48. The van der Waals surface area contributed by atoms with Gasteiger partial charge in [0.2, 0.25) is 15.9 Å². The molecule has 2 atom stereocenters. The molecule has 0 aliphatic carbocycles. The Kier molecular flexibility index (Phi) is 7.94. The molecule has 11 heteroatoms. The van der Waals surface area contributed by atoms with Crippen molar-refractivity contribution in [2.45, 2.75) is 36.7 Å². The number of amides is 1. The minimum Gasteiger partial charge on any atom is -0.352 e. The van der Waals surface area contributed by atoms with Crippen LogP contribution in [0.5, 0.6) is 0 Å². The molecule has 9 nitrogen and oxygen atoms in total. The van der Waals surface area contributed by atoms with Crippen LogP contribution >= 0.6 is 12.4 Å². The van der Waals surface area contributed by atoms with Crippen LogP contribution in [0.25, 0.3) is 0 Å². The maximum atomic E-state index is 12.5. The van der Waals surface area contributed by atoms with Gasteiger partial charge in [0, 0.05) is 31.3 Å². The molecule has 0 radical (unpaired) electrons. The van der Waals surface area contributed by atoms with Gasteiger partial charge in [-0.15, -0.1) is 12.4 Å². The zero-order valence-electron chi connectivity index (χ0n) is 14.5. The molecular formula is C15H23ClN4O5S. The fourth-order valence-electron chi connectivity index (χ4n) is 2.76. The lowest BCUT2D eigenvalue weighted by Gasteiger charge is -2.29. The standard InChI is InChI=1S/C15H22N4O5S.ClH/c1-11-8-12(6-7-16-11)17-15(20)10-18(2)25(23,24)14-5-3-4-13(9-14)19(21)22;/h3-5,9,11-12,16H,6-8,10H2,1-2H3,(H,17,20);1H. The molecule has 26 heavy (non-hydrogen) atoms. The molecule has 0 spiro atoms. The fourth-order valence-corrected chi connectivity index (χ4v) is 3.93. The van der Waals surface area contributed by atoms with E-state index in [1.807, 2.05) is 6.92 Å². The number of carbonyl (C=O) groups is 1. The smallest absolute Gasteiger partial charge is 0.270 e. The van der Waals surface area contributed by atoms with Gasteiger partial charge in [-0.25, -0.2) is 8.42 Å². The molecule has 1 saturated heterocycles. The molecule has 1 heterocycles. The molecule has 1 aromatic carbocycles. The van der Waals surface area contributed by atoms with Gasteiger partial charge in [-0.05, 0) is 32.4 Å². The van der Waals surface area contributed by atoms with Crippen molar-refractivity contribution < 1.29 is 18.1 Å². The highest BCUT2D eigenvalue weighted by Crippen LogP contribution is 2.20. The molecule has 1 fully saturated rings. The van der Waals surface area contributed by atoms with E-state index in [1.54, 1.807) is 0 Å². The van der Waals surface area contributed by atoms with Gasteiger partial charge < -0.3 is 10.6 Å². The molecule has 0 bridgehead atoms. The zero-order valence-corrected chi connectivity index (χ0v) is 16.2. The minimum atomic E-state index is -3.99. The van der Waals surface area contributed by atoms with Crippen molar-refractivity contribution in [2.75, 3.05) is 20.1 Å². The van der Waals surface area contributed by atoms with E-state index in [9.17, 15) is 23.3 Å². The number of hydrogen-bond donors (Lipinski definition) is 2. The minimum absolute atomic E-state index is 0. The first-order chi connectivity index (χ1) is 11.7. The topological polar surface area (TPSA) is 122 Å². The number of halogens is 1. The predicted octanol–water partition coefficient (Wildman–Crippen LogP) is 0.894. The lowest BCUT2D eigenvalue weighted by atomic mass is 10.0. The van der Waals surface area contributed by atoms with Gasteiger partial charge in [0.05, 0.1) is 16.4 Å². The highest BCUT2D eigenvalue weighted by molar-refractivity contribution is 7.89. The normalized spacial score (nSPS) is 20.3. The number of rotatable bonds is 6. The summed E-state index contributed by atoms with van der Waals surface area (Å²) in [5.74, 6) is -0.393. The van der Waals surface area contributed by atoms with E-state index in [0.717, 1.165) is 29.8 Å². The Hall–Kier alpha value is -1.75. The number of nitro benzene ring substituents is 1. The largest absolute Gasteiger partial charge is 0.352 e. The Labute approximate surface area is 158 Å². The van der Waals surface area contributed by atoms with E-state index in [4.69, 9.17) is 0 Å². The van der Waals surface area contributed by atoms with Crippen molar-refractivity contribution >= 4 is 34.0 Å². The SMILES string of the molecule is CC1CC(NC(=O)CN(C)S(=O)(=O)c2cccc([N+](=O)[O-])c2)CCN1.Cl. The van der Waals surface area contributed by atoms with Crippen LogP contribution in [0.3, 0.4) is 0 Å². The van der Waals surface area contributed by atoms with Crippen molar-refractivity contribution in [1.29, 1.82) is 0 Å². The molecule has 146 valence electrons. The number of nitrogens with one attached hydrogen (secondary N) is 2. The molecule has 1 aliphatic heterocycles. The Morgan fingerprint density at radius 2 is 2.15 bits per heavy atom. The summed E-state index contributed by atoms with van der Waals surface area (Å²) in [6, 6.07) is 5.08. The van der Waals surface area contributed by atoms with Crippen molar-refractivity contribution in [3.8, 4) is 0 Å². The van der Waals surface area contributed by atoms with E-state index >= 15 is 0 Å². The Bertz CT molecular complexity index is 758. The number of nitro groups is 1. The van der Waals surface area contributed by atoms with Crippen LogP contribution in [-0.4, -0.2) is 55.8 Å². The highest BCUT2D eigenvalue weighted by Gasteiger charge is 2.26. The predicted molar refractivity (Wildman–Crippen MR) is 98.8 cm³/mol. The second kappa shape index (κ2) is 9.26. The zero-order chi connectivity index (χ0) is 18.6. The molecular weight excluding hydrogens is 384 g/mol. The number of benzene rings is 1. The molecule has 2 rings (SSSR count). The average Bonchev–Trinajstić information content (AvgIpc) is 2.54. The van der Waals surface area contributed by atoms with Crippen molar-refractivity contribution in [3.05, 3.63) is 34.4 Å². The molecule has 2 N–H and O–H groups in total. The Morgan fingerprint density at radius 1 is 1.46 bits per heavy atom. The summed E-state index contributed by atoms with van der Waals surface area (Å²) in [5.41, 5.74) is -0.317. The summed E-state index contributed by atoms with van der Waals surface area (Å²) < 4.78 is 25.9. The van der Waals surface area contributed by atoms with E-state index < -0.39 is 20.9 Å². The van der Waals surface area contributed by atoms with Crippen LogP contribution in [0.2, 0.25) is 0 Å². The highest BCUT2D eigenvalue weighted by atomic mass is 35.5. The molecule has 1 amide bonds. The third kappa shape index (κ3) is 5.63. The first-order valence-electron chi connectivity index (χ1n) is 7.93. The maximum Gasteiger partial charge on any atom is 0.270 e. The summed E-state index contributed by atoms with van der Waals surface area (Å²) in [5, 5.41) is 16.9. The van der Waals surface area contributed by atoms with Crippen LogP contribution < -0.4 is 10.6 Å². The number of likely N-dealkylation sites (N-methyl/N-ethyl adjacent to an activating group) is 1. The van der Waals surface area contributed by atoms with E-state index in [0.29, 0.717) is 6.04 Å². The molecule has 1 aromatic rings. The van der Waals surface area contributed by atoms with Gasteiger partial charge in [0.1, 0.15) is 0 Å². The van der Waals surface area contributed by atoms with Gasteiger partial charge in [-0.2, -0.15) is 4.31 Å². The summed E-state index contributed by atoms with van der Waals surface area (Å²) >= 11 is 0. The van der Waals surface area contributed by atoms with Crippen molar-refractivity contribution in [1.82, 2.24) is 14.9 Å². The molecule has 1 aliphatic rings. The number of carbonyl (C=O) groups excluding carboxylic acids is 1. The fraction of sp³-hybridized carbons (Fsp3) is 0.533. The Balaban J connectivity index is 0.00000338. The summed E-state index contributed by atoms with van der Waals surface area (Å²) in [6.07, 6.45) is 1.57. The van der Waals surface area contributed by atoms with Gasteiger partial charge in [-0.3, -0.25) is 14.9 Å². The summed E-state index contributed by atoms with van der Waals surface area (Å²) in [7, 11) is -2.71. The number of piperidine rings is 1. The number of nitrogens with zero attached hydrogens (tertiary/aromatic N) is 2. The maximum absolute atomic E-state index is 12.5. The molecule has 2 unspecified atom stereocenters. The third-order valence-corrected chi connectivity index (χ3v) is 5.89.